The number of ketones is 1. The van der Waals surface area contributed by atoms with Crippen molar-refractivity contribution in [2.24, 2.45) is 0 Å². The number of rotatable bonds is 9. The molecule has 158 valence electrons. The predicted molar refractivity (Wildman–Crippen MR) is 114 cm³/mol. The highest BCUT2D eigenvalue weighted by atomic mass is 16.5. The Morgan fingerprint density at radius 3 is 2.23 bits per heavy atom. The lowest BCUT2D eigenvalue weighted by Crippen LogP contribution is -2.21. The minimum absolute atomic E-state index is 0.0352. The van der Waals surface area contributed by atoms with Gasteiger partial charge in [0.1, 0.15) is 0 Å². The Balaban J connectivity index is 1.66. The molecule has 0 aliphatic carbocycles. The average Bonchev–Trinajstić information content (AvgIpc) is 2.69. The zero-order chi connectivity index (χ0) is 22.1. The number of carbonyl (C=O) groups is 4. The SMILES string of the molecule is CC(=O)c1ccc(NC(=O)CCCC(=O)OCC(=O)Nc2cc(C)ccc2C)cc1. The quantitative estimate of drug-likeness (QED) is 0.484. The molecule has 0 atom stereocenters. The summed E-state index contributed by atoms with van der Waals surface area (Å²) >= 11 is 0. The van der Waals surface area contributed by atoms with Gasteiger partial charge in [-0.05, 0) is 68.7 Å². The molecule has 2 aromatic carbocycles. The van der Waals surface area contributed by atoms with E-state index in [0.29, 0.717) is 23.4 Å². The van der Waals surface area contributed by atoms with E-state index in [2.05, 4.69) is 10.6 Å². The van der Waals surface area contributed by atoms with Gasteiger partial charge in [-0.15, -0.1) is 0 Å². The zero-order valence-electron chi connectivity index (χ0n) is 17.4. The fourth-order valence-electron chi connectivity index (χ4n) is 2.68. The van der Waals surface area contributed by atoms with Gasteiger partial charge >= 0.3 is 5.97 Å². The number of nitrogens with one attached hydrogen (secondary N) is 2. The first-order valence-electron chi connectivity index (χ1n) is 9.68. The van der Waals surface area contributed by atoms with Gasteiger partial charge in [0, 0.05) is 29.8 Å². The van der Waals surface area contributed by atoms with Gasteiger partial charge in [-0.25, -0.2) is 0 Å². The molecule has 0 radical (unpaired) electrons. The monoisotopic (exact) mass is 410 g/mol. The molecule has 2 aromatic rings. The number of esters is 1. The molecule has 0 bridgehead atoms. The van der Waals surface area contributed by atoms with Crippen LogP contribution >= 0.6 is 0 Å². The predicted octanol–water partition coefficient (Wildman–Crippen LogP) is 3.80. The number of hydrogen-bond acceptors (Lipinski definition) is 5. The molecule has 0 saturated carbocycles. The van der Waals surface area contributed by atoms with Gasteiger partial charge in [0.2, 0.25) is 5.91 Å². The first-order chi connectivity index (χ1) is 14.2. The van der Waals surface area contributed by atoms with Crippen LogP contribution in [0.1, 0.15) is 47.7 Å². The van der Waals surface area contributed by atoms with E-state index in [-0.39, 0.29) is 31.1 Å². The van der Waals surface area contributed by atoms with Crippen molar-refractivity contribution in [3.05, 3.63) is 59.2 Å². The molecule has 2 amide bonds. The minimum atomic E-state index is -0.537. The van der Waals surface area contributed by atoms with E-state index >= 15 is 0 Å². The van der Waals surface area contributed by atoms with Crippen LogP contribution in [-0.4, -0.2) is 30.2 Å². The molecule has 0 unspecified atom stereocenters. The lowest BCUT2D eigenvalue weighted by Gasteiger charge is -2.10. The van der Waals surface area contributed by atoms with Crippen molar-refractivity contribution in [2.45, 2.75) is 40.0 Å². The van der Waals surface area contributed by atoms with Crippen molar-refractivity contribution >= 4 is 34.9 Å². The lowest BCUT2D eigenvalue weighted by atomic mass is 10.1. The van der Waals surface area contributed by atoms with E-state index in [1.165, 1.54) is 6.92 Å². The Hall–Kier alpha value is -3.48. The van der Waals surface area contributed by atoms with E-state index in [0.717, 1.165) is 11.1 Å². The lowest BCUT2D eigenvalue weighted by molar-refractivity contribution is -0.147. The van der Waals surface area contributed by atoms with Crippen LogP contribution in [0.4, 0.5) is 11.4 Å². The molecule has 2 N–H and O–H groups in total. The average molecular weight is 410 g/mol. The third kappa shape index (κ3) is 7.50. The van der Waals surface area contributed by atoms with Gasteiger partial charge in [-0.2, -0.15) is 0 Å². The highest BCUT2D eigenvalue weighted by molar-refractivity contribution is 5.96. The number of amides is 2. The summed E-state index contributed by atoms with van der Waals surface area (Å²) in [6.07, 6.45) is 0.473. The second-order valence-corrected chi connectivity index (χ2v) is 7.06. The number of hydrogen-bond donors (Lipinski definition) is 2. The number of benzene rings is 2. The molecule has 2 rings (SSSR count). The summed E-state index contributed by atoms with van der Waals surface area (Å²) in [5, 5.41) is 5.42. The molecule has 0 aliphatic heterocycles. The second kappa shape index (κ2) is 10.9. The van der Waals surface area contributed by atoms with Crippen LogP contribution in [0.15, 0.2) is 42.5 Å². The van der Waals surface area contributed by atoms with Crippen molar-refractivity contribution in [1.29, 1.82) is 0 Å². The maximum Gasteiger partial charge on any atom is 0.306 e. The maximum absolute atomic E-state index is 12.0. The molecular weight excluding hydrogens is 384 g/mol. The van der Waals surface area contributed by atoms with Crippen LogP contribution in [0.5, 0.6) is 0 Å². The highest BCUT2D eigenvalue weighted by Crippen LogP contribution is 2.16. The smallest absolute Gasteiger partial charge is 0.306 e. The van der Waals surface area contributed by atoms with Gasteiger partial charge < -0.3 is 15.4 Å². The van der Waals surface area contributed by atoms with Crippen LogP contribution in [0.2, 0.25) is 0 Å². The van der Waals surface area contributed by atoms with Crippen molar-refractivity contribution in [1.82, 2.24) is 0 Å². The van der Waals surface area contributed by atoms with E-state index in [9.17, 15) is 19.2 Å². The Morgan fingerprint density at radius 1 is 0.867 bits per heavy atom. The van der Waals surface area contributed by atoms with Gasteiger partial charge in [0.25, 0.3) is 5.91 Å². The van der Waals surface area contributed by atoms with E-state index in [1.54, 1.807) is 24.3 Å². The molecule has 0 aliphatic rings. The first kappa shape index (κ1) is 22.8. The fourth-order valence-corrected chi connectivity index (χ4v) is 2.68. The van der Waals surface area contributed by atoms with Gasteiger partial charge in [0.05, 0.1) is 0 Å². The topological polar surface area (TPSA) is 102 Å². The van der Waals surface area contributed by atoms with Crippen LogP contribution < -0.4 is 10.6 Å². The third-order valence-corrected chi connectivity index (χ3v) is 4.39. The van der Waals surface area contributed by atoms with Gasteiger partial charge in [0.15, 0.2) is 12.4 Å². The van der Waals surface area contributed by atoms with Gasteiger partial charge in [-0.3, -0.25) is 19.2 Å². The summed E-state index contributed by atoms with van der Waals surface area (Å²) in [6, 6.07) is 12.3. The number of aryl methyl sites for hydroxylation is 2. The van der Waals surface area contributed by atoms with Crippen molar-refractivity contribution in [2.75, 3.05) is 17.2 Å². The first-order valence-corrected chi connectivity index (χ1v) is 9.68. The summed E-state index contributed by atoms with van der Waals surface area (Å²) in [6.45, 7) is 4.90. The number of ether oxygens (including phenoxy) is 1. The van der Waals surface area contributed by atoms with E-state index < -0.39 is 11.9 Å². The second-order valence-electron chi connectivity index (χ2n) is 7.06. The molecule has 0 aromatic heterocycles. The molecule has 0 saturated heterocycles. The maximum atomic E-state index is 12.0. The summed E-state index contributed by atoms with van der Waals surface area (Å²) < 4.78 is 4.97. The molecule has 7 nitrogen and oxygen atoms in total. The van der Waals surface area contributed by atoms with Crippen molar-refractivity contribution in [3.63, 3.8) is 0 Å². The molecule has 30 heavy (non-hydrogen) atoms. The Morgan fingerprint density at radius 2 is 1.57 bits per heavy atom. The molecule has 0 heterocycles. The largest absolute Gasteiger partial charge is 0.456 e. The van der Waals surface area contributed by atoms with Crippen molar-refractivity contribution in [3.8, 4) is 0 Å². The number of anilines is 2. The van der Waals surface area contributed by atoms with Crippen LogP contribution in [0.3, 0.4) is 0 Å². The fraction of sp³-hybridized carbons (Fsp3) is 0.304. The minimum Gasteiger partial charge on any atom is -0.456 e. The zero-order valence-corrected chi connectivity index (χ0v) is 17.4. The summed E-state index contributed by atoms with van der Waals surface area (Å²) in [4.78, 5) is 46.9. The van der Waals surface area contributed by atoms with E-state index in [4.69, 9.17) is 4.74 Å². The standard InChI is InChI=1S/C23H26N2O5/c1-15-7-8-16(2)20(13-15)25-22(28)14-30-23(29)6-4-5-21(27)24-19-11-9-18(10-12-19)17(3)26/h7-13H,4-6,14H2,1-3H3,(H,24,27)(H,25,28). The molecular formula is C23H26N2O5. The Bertz CT molecular complexity index is 935. The third-order valence-electron chi connectivity index (χ3n) is 4.39. The van der Waals surface area contributed by atoms with Crippen LogP contribution in [0.25, 0.3) is 0 Å². The van der Waals surface area contributed by atoms with Gasteiger partial charge in [-0.1, -0.05) is 12.1 Å². The van der Waals surface area contributed by atoms with Crippen LogP contribution in [-0.2, 0) is 19.1 Å². The number of Topliss-reactive ketones (excluding diaryl/α,β-unsaturated/α-hetero) is 1. The Kier molecular flexibility index (Phi) is 8.29. The number of carbonyl (C=O) groups excluding carboxylic acids is 4. The summed E-state index contributed by atoms with van der Waals surface area (Å²) in [5.41, 5.74) is 3.76. The highest BCUT2D eigenvalue weighted by Gasteiger charge is 2.11. The summed E-state index contributed by atoms with van der Waals surface area (Å²) in [5.74, 6) is -1.24. The van der Waals surface area contributed by atoms with Crippen LogP contribution in [0, 0.1) is 13.8 Å². The Labute approximate surface area is 175 Å². The van der Waals surface area contributed by atoms with E-state index in [1.807, 2.05) is 32.0 Å². The molecule has 0 spiro atoms. The normalized spacial score (nSPS) is 10.2. The summed E-state index contributed by atoms with van der Waals surface area (Å²) in [7, 11) is 0. The molecule has 0 fully saturated rings. The van der Waals surface area contributed by atoms with Crippen molar-refractivity contribution < 1.29 is 23.9 Å². The molecule has 7 heteroatoms.